The molecule has 0 saturated carbocycles. The number of hydrogen-bond acceptors (Lipinski definition) is 5. The van der Waals surface area contributed by atoms with Gasteiger partial charge in [0.1, 0.15) is 11.6 Å². The van der Waals surface area contributed by atoms with Crippen LogP contribution in [0, 0.1) is 11.6 Å². The first-order chi connectivity index (χ1) is 18.2. The van der Waals surface area contributed by atoms with Crippen molar-refractivity contribution in [1.29, 1.82) is 0 Å². The molecule has 4 rings (SSSR count). The summed E-state index contributed by atoms with van der Waals surface area (Å²) in [4.78, 5) is 4.06. The molecule has 198 valence electrons. The van der Waals surface area contributed by atoms with Gasteiger partial charge in [0, 0.05) is 42.0 Å². The molecule has 0 bridgehead atoms. The highest BCUT2D eigenvalue weighted by molar-refractivity contribution is 7.92. The summed E-state index contributed by atoms with van der Waals surface area (Å²) < 4.78 is 69.0. The van der Waals surface area contributed by atoms with Gasteiger partial charge in [-0.3, -0.25) is 9.29 Å². The van der Waals surface area contributed by atoms with Crippen LogP contribution in [-0.2, 0) is 22.9 Å². The van der Waals surface area contributed by atoms with Crippen molar-refractivity contribution in [3.05, 3.63) is 112 Å². The first-order valence-electron chi connectivity index (χ1n) is 11.6. The highest BCUT2D eigenvalue weighted by Crippen LogP contribution is 2.35. The Kier molecular flexibility index (Phi) is 8.48. The van der Waals surface area contributed by atoms with Crippen molar-refractivity contribution in [2.24, 2.45) is 0 Å². The molecule has 4 aromatic rings. The van der Waals surface area contributed by atoms with Crippen LogP contribution in [-0.4, -0.2) is 34.2 Å². The fourth-order valence-corrected chi connectivity index (χ4v) is 5.80. The Morgan fingerprint density at radius 2 is 1.66 bits per heavy atom. The molecule has 0 spiro atoms. The van der Waals surface area contributed by atoms with Crippen LogP contribution in [0.1, 0.15) is 16.7 Å². The minimum Gasteiger partial charge on any atom is -0.493 e. The van der Waals surface area contributed by atoms with Gasteiger partial charge in [-0.25, -0.2) is 17.2 Å². The number of sulfonamides is 1. The molecule has 0 aliphatic carbocycles. The van der Waals surface area contributed by atoms with E-state index >= 15 is 0 Å². The molecule has 38 heavy (non-hydrogen) atoms. The van der Waals surface area contributed by atoms with Gasteiger partial charge in [0.05, 0.1) is 24.8 Å². The zero-order chi connectivity index (χ0) is 27.3. The lowest BCUT2D eigenvalue weighted by Gasteiger charge is -2.27. The van der Waals surface area contributed by atoms with Gasteiger partial charge in [0.25, 0.3) is 10.0 Å². The standard InChI is InChI=1S/C28H25ClF2N2O4S/c1-36-27-11-9-22(17-28(27)37-2)38(34,35)33(14-12-19-5-4-13-32-18-19)26-10-8-21(29)15-20(26)16-23-24(30)6-3-7-25(23)31/h3-11,13,15,17-18H,12,14,16H2,1-2H3. The third-order valence-corrected chi connectivity index (χ3v) is 8.05. The van der Waals surface area contributed by atoms with Crippen LogP contribution in [0.15, 0.2) is 84.0 Å². The van der Waals surface area contributed by atoms with E-state index in [0.717, 1.165) is 17.7 Å². The van der Waals surface area contributed by atoms with Crippen molar-refractivity contribution in [3.63, 3.8) is 0 Å². The number of hydrogen-bond donors (Lipinski definition) is 0. The lowest BCUT2D eigenvalue weighted by atomic mass is 10.0. The van der Waals surface area contributed by atoms with Crippen LogP contribution in [0.3, 0.4) is 0 Å². The first kappa shape index (κ1) is 27.3. The lowest BCUT2D eigenvalue weighted by molar-refractivity contribution is 0.354. The van der Waals surface area contributed by atoms with E-state index in [2.05, 4.69) is 4.98 Å². The summed E-state index contributed by atoms with van der Waals surface area (Å²) in [5, 5.41) is 0.302. The van der Waals surface area contributed by atoms with Crippen LogP contribution in [0.5, 0.6) is 11.5 Å². The molecule has 0 radical (unpaired) electrons. The van der Waals surface area contributed by atoms with Crippen molar-refractivity contribution in [3.8, 4) is 11.5 Å². The summed E-state index contributed by atoms with van der Waals surface area (Å²) in [6.45, 7) is 0.0246. The molecule has 1 heterocycles. The Morgan fingerprint density at radius 1 is 0.921 bits per heavy atom. The molecule has 10 heteroatoms. The molecule has 3 aromatic carbocycles. The third-order valence-electron chi connectivity index (χ3n) is 6.01. The highest BCUT2D eigenvalue weighted by Gasteiger charge is 2.28. The second kappa shape index (κ2) is 11.8. The minimum atomic E-state index is -4.18. The van der Waals surface area contributed by atoms with E-state index in [0.29, 0.717) is 22.8 Å². The van der Waals surface area contributed by atoms with Crippen LogP contribution < -0.4 is 13.8 Å². The van der Waals surface area contributed by atoms with Crippen molar-refractivity contribution >= 4 is 27.3 Å². The van der Waals surface area contributed by atoms with Gasteiger partial charge < -0.3 is 9.47 Å². The Bertz CT molecular complexity index is 1520. The fourth-order valence-electron chi connectivity index (χ4n) is 4.08. The maximum Gasteiger partial charge on any atom is 0.264 e. The molecule has 1 aromatic heterocycles. The number of aromatic nitrogens is 1. The van der Waals surface area contributed by atoms with E-state index in [4.69, 9.17) is 21.1 Å². The molecule has 0 amide bonds. The smallest absolute Gasteiger partial charge is 0.264 e. The zero-order valence-corrected chi connectivity index (χ0v) is 22.3. The van der Waals surface area contributed by atoms with Crippen molar-refractivity contribution < 1.29 is 26.7 Å². The molecule has 0 atom stereocenters. The number of methoxy groups -OCH3 is 2. The maximum atomic E-state index is 14.6. The van der Waals surface area contributed by atoms with Gasteiger partial charge in [-0.05, 0) is 66.1 Å². The largest absolute Gasteiger partial charge is 0.493 e. The van der Waals surface area contributed by atoms with Gasteiger partial charge in [0.15, 0.2) is 11.5 Å². The van der Waals surface area contributed by atoms with E-state index < -0.39 is 21.7 Å². The average Bonchev–Trinajstić information content (AvgIpc) is 2.92. The van der Waals surface area contributed by atoms with Crippen molar-refractivity contribution in [2.45, 2.75) is 17.7 Å². The van der Waals surface area contributed by atoms with Gasteiger partial charge in [-0.2, -0.15) is 0 Å². The third kappa shape index (κ3) is 5.89. The summed E-state index contributed by atoms with van der Waals surface area (Å²) in [5.41, 5.74) is 1.22. The predicted molar refractivity (Wildman–Crippen MR) is 143 cm³/mol. The summed E-state index contributed by atoms with van der Waals surface area (Å²) in [6, 6.07) is 16.1. The number of anilines is 1. The maximum absolute atomic E-state index is 14.6. The number of benzene rings is 3. The Balaban J connectivity index is 1.84. The van der Waals surface area contributed by atoms with E-state index in [9.17, 15) is 17.2 Å². The van der Waals surface area contributed by atoms with Gasteiger partial charge in [-0.15, -0.1) is 0 Å². The van der Waals surface area contributed by atoms with E-state index in [1.54, 1.807) is 24.5 Å². The molecule has 0 unspecified atom stereocenters. The first-order valence-corrected chi connectivity index (χ1v) is 13.4. The number of nitrogens with zero attached hydrogens (tertiary/aromatic N) is 2. The molecule has 0 saturated heterocycles. The summed E-state index contributed by atoms with van der Waals surface area (Å²) in [5.74, 6) is -0.859. The van der Waals surface area contributed by atoms with E-state index in [1.165, 1.54) is 54.9 Å². The molecular weight excluding hydrogens is 534 g/mol. The lowest BCUT2D eigenvalue weighted by Crippen LogP contribution is -2.34. The van der Waals surface area contributed by atoms with Gasteiger partial charge in [-0.1, -0.05) is 23.7 Å². The summed E-state index contributed by atoms with van der Waals surface area (Å²) >= 11 is 6.25. The molecule has 0 fully saturated rings. The second-order valence-electron chi connectivity index (χ2n) is 8.36. The Hall–Kier alpha value is -3.69. The predicted octanol–water partition coefficient (Wildman–Crippen LogP) is 6.06. The van der Waals surface area contributed by atoms with Crippen LogP contribution in [0.4, 0.5) is 14.5 Å². The monoisotopic (exact) mass is 558 g/mol. The molecule has 0 aliphatic heterocycles. The average molecular weight is 559 g/mol. The molecule has 0 aliphatic rings. The summed E-state index contributed by atoms with van der Waals surface area (Å²) in [7, 11) is -1.32. The normalized spacial score (nSPS) is 11.3. The molecule has 0 N–H and O–H groups in total. The van der Waals surface area contributed by atoms with Crippen LogP contribution in [0.25, 0.3) is 0 Å². The highest BCUT2D eigenvalue weighted by atomic mass is 35.5. The molecular formula is C28H25ClF2N2O4S. The minimum absolute atomic E-state index is 0.0246. The number of pyridine rings is 1. The number of halogens is 3. The Labute approximate surface area is 225 Å². The molecule has 6 nitrogen and oxygen atoms in total. The van der Waals surface area contributed by atoms with E-state index in [1.807, 2.05) is 6.07 Å². The van der Waals surface area contributed by atoms with Crippen LogP contribution in [0.2, 0.25) is 5.02 Å². The van der Waals surface area contributed by atoms with Crippen molar-refractivity contribution in [2.75, 3.05) is 25.1 Å². The van der Waals surface area contributed by atoms with Crippen LogP contribution >= 0.6 is 11.6 Å². The number of rotatable bonds is 10. The SMILES string of the molecule is COc1ccc(S(=O)(=O)N(CCc2cccnc2)c2ccc(Cl)cc2Cc2c(F)cccc2F)cc1OC. The fraction of sp³-hybridized carbons (Fsp3) is 0.179. The van der Waals surface area contributed by atoms with Gasteiger partial charge >= 0.3 is 0 Å². The quantitative estimate of drug-likeness (QED) is 0.237. The Morgan fingerprint density at radius 3 is 2.32 bits per heavy atom. The zero-order valence-electron chi connectivity index (χ0n) is 20.7. The van der Waals surface area contributed by atoms with Gasteiger partial charge in [0.2, 0.25) is 0 Å². The summed E-state index contributed by atoms with van der Waals surface area (Å²) in [6.07, 6.45) is 3.40. The van der Waals surface area contributed by atoms with Crippen molar-refractivity contribution in [1.82, 2.24) is 4.98 Å². The number of ether oxygens (including phenoxy) is 2. The second-order valence-corrected chi connectivity index (χ2v) is 10.7. The van der Waals surface area contributed by atoms with E-state index in [-0.39, 0.29) is 34.9 Å². The topological polar surface area (TPSA) is 68.7 Å².